The smallest absolute Gasteiger partial charge is 0.0628 e. The average molecular weight is 291 g/mol. The summed E-state index contributed by atoms with van der Waals surface area (Å²) in [5.74, 6) is 0.661. The lowest BCUT2D eigenvalue weighted by Gasteiger charge is -2.23. The van der Waals surface area contributed by atoms with Gasteiger partial charge in [0, 0.05) is 11.7 Å². The zero-order chi connectivity index (χ0) is 15.4. The van der Waals surface area contributed by atoms with Crippen molar-refractivity contribution in [2.75, 3.05) is 6.54 Å². The van der Waals surface area contributed by atoms with Crippen molar-refractivity contribution in [3.63, 3.8) is 0 Å². The Balaban J connectivity index is 2.04. The fourth-order valence-corrected chi connectivity index (χ4v) is 3.53. The Kier molecular flexibility index (Phi) is 5.86. The lowest BCUT2D eigenvalue weighted by atomic mass is 9.95. The zero-order valence-electron chi connectivity index (χ0n) is 14.6. The Morgan fingerprint density at radius 1 is 1.14 bits per heavy atom. The molecule has 0 aromatic carbocycles. The van der Waals surface area contributed by atoms with Crippen molar-refractivity contribution >= 4 is 0 Å². The first-order valence-corrected chi connectivity index (χ1v) is 8.77. The van der Waals surface area contributed by atoms with Crippen LogP contribution in [0.4, 0.5) is 0 Å². The molecule has 1 atom stereocenters. The molecular formula is C18H33N3. The summed E-state index contributed by atoms with van der Waals surface area (Å²) in [5.41, 5.74) is 4.14. The molecule has 0 amide bonds. The number of aromatic nitrogens is 2. The molecule has 0 saturated heterocycles. The van der Waals surface area contributed by atoms with Crippen molar-refractivity contribution in [3.8, 4) is 0 Å². The number of rotatable bonds is 6. The molecule has 0 bridgehead atoms. The zero-order valence-corrected chi connectivity index (χ0v) is 14.6. The van der Waals surface area contributed by atoms with E-state index in [1.165, 1.54) is 49.1 Å². The van der Waals surface area contributed by atoms with Crippen molar-refractivity contribution in [1.29, 1.82) is 0 Å². The number of hydrogen-bond acceptors (Lipinski definition) is 2. The van der Waals surface area contributed by atoms with Gasteiger partial charge in [0.1, 0.15) is 0 Å². The molecule has 3 nitrogen and oxygen atoms in total. The Hall–Kier alpha value is -0.830. The van der Waals surface area contributed by atoms with Crippen LogP contribution in [-0.4, -0.2) is 22.4 Å². The van der Waals surface area contributed by atoms with Crippen molar-refractivity contribution < 1.29 is 0 Å². The number of aryl methyl sites for hydroxylation is 1. The predicted molar refractivity (Wildman–Crippen MR) is 89.8 cm³/mol. The van der Waals surface area contributed by atoms with E-state index < -0.39 is 0 Å². The van der Waals surface area contributed by atoms with E-state index in [2.05, 4.69) is 44.6 Å². The highest BCUT2D eigenvalue weighted by atomic mass is 15.3. The van der Waals surface area contributed by atoms with E-state index in [4.69, 9.17) is 5.10 Å². The third kappa shape index (κ3) is 4.32. The van der Waals surface area contributed by atoms with Gasteiger partial charge in [-0.1, -0.05) is 40.0 Å². The molecule has 1 unspecified atom stereocenters. The van der Waals surface area contributed by atoms with Crippen LogP contribution in [0.25, 0.3) is 0 Å². The molecule has 21 heavy (non-hydrogen) atoms. The molecule has 120 valence electrons. The minimum Gasteiger partial charge on any atom is -0.314 e. The standard InChI is InChI=1S/C18H33N3/c1-13(2)19-12-14(3)11-18-15(4)20-21(16(18)5)17-9-7-6-8-10-17/h13-14,17,19H,6-12H2,1-5H3. The molecule has 0 radical (unpaired) electrons. The van der Waals surface area contributed by atoms with Crippen LogP contribution < -0.4 is 5.32 Å². The summed E-state index contributed by atoms with van der Waals surface area (Å²) in [6.45, 7) is 12.3. The van der Waals surface area contributed by atoms with Gasteiger partial charge < -0.3 is 5.32 Å². The van der Waals surface area contributed by atoms with Gasteiger partial charge in [0.2, 0.25) is 0 Å². The Labute approximate surface area is 130 Å². The third-order valence-electron chi connectivity index (χ3n) is 4.82. The second-order valence-electron chi connectivity index (χ2n) is 7.26. The van der Waals surface area contributed by atoms with Crippen molar-refractivity contribution in [2.45, 2.75) is 85.2 Å². The Morgan fingerprint density at radius 2 is 1.81 bits per heavy atom. The van der Waals surface area contributed by atoms with Crippen LogP contribution in [0, 0.1) is 19.8 Å². The summed E-state index contributed by atoms with van der Waals surface area (Å²) in [7, 11) is 0. The van der Waals surface area contributed by atoms with Gasteiger partial charge >= 0.3 is 0 Å². The van der Waals surface area contributed by atoms with Crippen LogP contribution in [0.3, 0.4) is 0 Å². The van der Waals surface area contributed by atoms with E-state index in [-0.39, 0.29) is 0 Å². The van der Waals surface area contributed by atoms with E-state index in [0.717, 1.165) is 13.0 Å². The van der Waals surface area contributed by atoms with Gasteiger partial charge in [-0.2, -0.15) is 5.10 Å². The Morgan fingerprint density at radius 3 is 2.43 bits per heavy atom. The summed E-state index contributed by atoms with van der Waals surface area (Å²) in [6.07, 6.45) is 7.91. The van der Waals surface area contributed by atoms with Crippen LogP contribution in [-0.2, 0) is 6.42 Å². The molecule has 3 heteroatoms. The van der Waals surface area contributed by atoms with E-state index in [9.17, 15) is 0 Å². The quantitative estimate of drug-likeness (QED) is 0.852. The topological polar surface area (TPSA) is 29.9 Å². The largest absolute Gasteiger partial charge is 0.314 e. The highest BCUT2D eigenvalue weighted by Gasteiger charge is 2.21. The second kappa shape index (κ2) is 7.44. The van der Waals surface area contributed by atoms with Gasteiger partial charge in [0.05, 0.1) is 11.7 Å². The first-order chi connectivity index (χ1) is 9.99. The molecule has 1 N–H and O–H groups in total. The maximum Gasteiger partial charge on any atom is 0.0628 e. The first-order valence-electron chi connectivity index (χ1n) is 8.77. The van der Waals surface area contributed by atoms with Gasteiger partial charge in [0.25, 0.3) is 0 Å². The Bertz CT molecular complexity index is 442. The molecule has 0 spiro atoms. The summed E-state index contributed by atoms with van der Waals surface area (Å²) in [5, 5.41) is 8.43. The third-order valence-corrected chi connectivity index (χ3v) is 4.82. The van der Waals surface area contributed by atoms with Crippen molar-refractivity contribution in [1.82, 2.24) is 15.1 Å². The van der Waals surface area contributed by atoms with Crippen LogP contribution in [0.5, 0.6) is 0 Å². The molecule has 1 aromatic rings. The summed E-state index contributed by atoms with van der Waals surface area (Å²) in [6, 6.07) is 1.22. The number of nitrogens with one attached hydrogen (secondary N) is 1. The van der Waals surface area contributed by atoms with Crippen molar-refractivity contribution in [2.24, 2.45) is 5.92 Å². The number of hydrogen-bond donors (Lipinski definition) is 1. The highest BCUT2D eigenvalue weighted by Crippen LogP contribution is 2.30. The average Bonchev–Trinajstić information content (AvgIpc) is 2.74. The predicted octanol–water partition coefficient (Wildman–Crippen LogP) is 4.18. The fourth-order valence-electron chi connectivity index (χ4n) is 3.53. The van der Waals surface area contributed by atoms with E-state index in [1.807, 2.05) is 0 Å². The summed E-state index contributed by atoms with van der Waals surface area (Å²) in [4.78, 5) is 0. The molecule has 1 heterocycles. The fraction of sp³-hybridized carbons (Fsp3) is 0.833. The van der Waals surface area contributed by atoms with Crippen LogP contribution >= 0.6 is 0 Å². The van der Waals surface area contributed by atoms with E-state index in [1.54, 1.807) is 0 Å². The van der Waals surface area contributed by atoms with Crippen LogP contribution in [0.2, 0.25) is 0 Å². The molecule has 1 fully saturated rings. The van der Waals surface area contributed by atoms with Crippen LogP contribution in [0.15, 0.2) is 0 Å². The van der Waals surface area contributed by atoms with E-state index >= 15 is 0 Å². The minimum absolute atomic E-state index is 0.569. The maximum absolute atomic E-state index is 4.88. The van der Waals surface area contributed by atoms with Gasteiger partial charge in [-0.05, 0) is 51.1 Å². The molecule has 2 rings (SSSR count). The van der Waals surface area contributed by atoms with Crippen molar-refractivity contribution in [3.05, 3.63) is 17.0 Å². The molecule has 1 aliphatic carbocycles. The maximum atomic E-state index is 4.88. The molecule has 0 aliphatic heterocycles. The molecule has 1 saturated carbocycles. The minimum atomic E-state index is 0.569. The van der Waals surface area contributed by atoms with Gasteiger partial charge in [-0.3, -0.25) is 4.68 Å². The SMILES string of the molecule is Cc1nn(C2CCCCC2)c(C)c1CC(C)CNC(C)C. The van der Waals surface area contributed by atoms with Gasteiger partial charge in [-0.15, -0.1) is 0 Å². The number of nitrogens with zero attached hydrogens (tertiary/aromatic N) is 2. The molecular weight excluding hydrogens is 258 g/mol. The van der Waals surface area contributed by atoms with Crippen LogP contribution in [0.1, 0.15) is 75.9 Å². The van der Waals surface area contributed by atoms with E-state index in [0.29, 0.717) is 18.0 Å². The lowest BCUT2D eigenvalue weighted by Crippen LogP contribution is -2.28. The second-order valence-corrected chi connectivity index (χ2v) is 7.26. The monoisotopic (exact) mass is 291 g/mol. The molecule has 1 aliphatic rings. The summed E-state index contributed by atoms with van der Waals surface area (Å²) < 4.78 is 2.34. The molecule has 1 aromatic heterocycles. The highest BCUT2D eigenvalue weighted by molar-refractivity contribution is 5.25. The normalized spacial score (nSPS) is 18.4. The van der Waals surface area contributed by atoms with Gasteiger partial charge in [-0.25, -0.2) is 0 Å². The first kappa shape index (κ1) is 16.5. The van der Waals surface area contributed by atoms with Gasteiger partial charge in [0.15, 0.2) is 0 Å². The lowest BCUT2D eigenvalue weighted by molar-refractivity contribution is 0.323. The summed E-state index contributed by atoms with van der Waals surface area (Å²) >= 11 is 0.